The van der Waals surface area contributed by atoms with Crippen molar-refractivity contribution in [3.05, 3.63) is 33.8 Å². The van der Waals surface area contributed by atoms with Gasteiger partial charge in [-0.15, -0.1) is 0 Å². The second-order valence-electron chi connectivity index (χ2n) is 5.70. The third-order valence-corrected chi connectivity index (χ3v) is 5.08. The fraction of sp³-hybridized carbons (Fsp3) is 0.588. The molecule has 0 bridgehead atoms. The number of benzene rings is 1. The lowest BCUT2D eigenvalue weighted by molar-refractivity contribution is -0.168. The molecule has 0 aromatic heterocycles. The molecule has 1 aromatic rings. The van der Waals surface area contributed by atoms with Gasteiger partial charge in [-0.3, -0.25) is 4.79 Å². The lowest BCUT2D eigenvalue weighted by atomic mass is 10.1. The van der Waals surface area contributed by atoms with Gasteiger partial charge in [-0.2, -0.15) is 0 Å². The summed E-state index contributed by atoms with van der Waals surface area (Å²) in [6.07, 6.45) is 3.06. The number of rotatable bonds is 8. The molecular weight excluding hydrogens is 419 g/mol. The molecule has 1 saturated heterocycles. The molecule has 4 nitrogen and oxygen atoms in total. The van der Waals surface area contributed by atoms with Gasteiger partial charge in [0.25, 0.3) is 0 Å². The average molecular weight is 440 g/mol. The average Bonchev–Trinajstić information content (AvgIpc) is 2.98. The van der Waals surface area contributed by atoms with E-state index in [9.17, 15) is 4.79 Å². The summed E-state index contributed by atoms with van der Waals surface area (Å²) in [5.41, 5.74) is 0.696. The second-order valence-corrected chi connectivity index (χ2v) is 7.11. The highest BCUT2D eigenvalue weighted by molar-refractivity contribution is 9.09. The van der Waals surface area contributed by atoms with E-state index in [1.54, 1.807) is 18.2 Å². The van der Waals surface area contributed by atoms with Crippen LogP contribution >= 0.6 is 39.1 Å². The minimum absolute atomic E-state index is 0.172. The molecule has 1 aliphatic rings. The summed E-state index contributed by atoms with van der Waals surface area (Å²) in [6.45, 7) is 2.59. The maximum Gasteiger partial charge on any atom is 0.305 e. The van der Waals surface area contributed by atoms with Crippen molar-refractivity contribution in [3.8, 4) is 0 Å². The smallest absolute Gasteiger partial charge is 0.305 e. The second kappa shape index (κ2) is 9.39. The summed E-state index contributed by atoms with van der Waals surface area (Å²) in [5.74, 6) is -1.20. The van der Waals surface area contributed by atoms with Gasteiger partial charge in [-0.25, -0.2) is 0 Å². The zero-order chi connectivity index (χ0) is 17.6. The van der Waals surface area contributed by atoms with E-state index in [2.05, 4.69) is 22.9 Å². The third-order valence-electron chi connectivity index (χ3n) is 3.79. The van der Waals surface area contributed by atoms with E-state index in [4.69, 9.17) is 37.4 Å². The number of carbonyl (C=O) groups is 1. The van der Waals surface area contributed by atoms with Crippen LogP contribution in [0.5, 0.6) is 0 Å². The highest BCUT2D eigenvalue weighted by atomic mass is 79.9. The number of hydrogen-bond acceptors (Lipinski definition) is 4. The summed E-state index contributed by atoms with van der Waals surface area (Å²) < 4.78 is 17.1. The molecule has 1 heterocycles. The van der Waals surface area contributed by atoms with Gasteiger partial charge in [0.05, 0.1) is 17.0 Å². The minimum Gasteiger partial charge on any atom is -0.463 e. The highest BCUT2D eigenvalue weighted by Crippen LogP contribution is 2.40. The van der Waals surface area contributed by atoms with Gasteiger partial charge in [-0.1, -0.05) is 65.0 Å². The van der Waals surface area contributed by atoms with Crippen LogP contribution in [0.4, 0.5) is 0 Å². The molecular formula is C17H21BrCl2O4. The predicted molar refractivity (Wildman–Crippen MR) is 97.9 cm³/mol. The van der Waals surface area contributed by atoms with E-state index >= 15 is 0 Å². The quantitative estimate of drug-likeness (QED) is 0.322. The monoisotopic (exact) mass is 438 g/mol. The molecule has 2 atom stereocenters. The van der Waals surface area contributed by atoms with Crippen LogP contribution in [-0.4, -0.2) is 30.6 Å². The van der Waals surface area contributed by atoms with Crippen LogP contribution in [0.15, 0.2) is 18.2 Å². The van der Waals surface area contributed by atoms with Crippen molar-refractivity contribution in [1.82, 2.24) is 0 Å². The van der Waals surface area contributed by atoms with Crippen molar-refractivity contribution in [2.75, 3.05) is 18.5 Å². The first-order valence-electron chi connectivity index (χ1n) is 7.99. The summed E-state index contributed by atoms with van der Waals surface area (Å²) in [5, 5.41) is 1.42. The molecule has 0 amide bonds. The number of carbonyl (C=O) groups excluding carboxylic acids is 1. The Labute approximate surface area is 160 Å². The van der Waals surface area contributed by atoms with Gasteiger partial charge in [-0.05, 0) is 18.6 Å². The maximum atomic E-state index is 11.7. The fourth-order valence-electron chi connectivity index (χ4n) is 2.51. The number of hydrogen-bond donors (Lipinski definition) is 0. The minimum atomic E-state index is -0.999. The number of halogens is 3. The van der Waals surface area contributed by atoms with Crippen molar-refractivity contribution < 1.29 is 19.0 Å². The van der Waals surface area contributed by atoms with E-state index in [0.29, 0.717) is 34.0 Å². The van der Waals surface area contributed by atoms with Gasteiger partial charge in [0.2, 0.25) is 5.79 Å². The van der Waals surface area contributed by atoms with Gasteiger partial charge in [0, 0.05) is 17.0 Å². The first-order valence-corrected chi connectivity index (χ1v) is 9.87. The van der Waals surface area contributed by atoms with E-state index in [1.807, 2.05) is 0 Å². The molecule has 0 radical (unpaired) electrons. The first-order chi connectivity index (χ1) is 11.5. The normalized spacial score (nSPS) is 23.4. The van der Waals surface area contributed by atoms with E-state index in [1.165, 1.54) is 0 Å². The molecule has 0 unspecified atom stereocenters. The molecule has 24 heavy (non-hydrogen) atoms. The largest absolute Gasteiger partial charge is 0.463 e. The van der Waals surface area contributed by atoms with Crippen LogP contribution in [0, 0.1) is 0 Å². The van der Waals surface area contributed by atoms with Gasteiger partial charge < -0.3 is 14.2 Å². The lowest BCUT2D eigenvalue weighted by Gasteiger charge is -2.27. The highest BCUT2D eigenvalue weighted by Gasteiger charge is 2.44. The Kier molecular flexibility index (Phi) is 7.82. The molecule has 0 N–H and O–H groups in total. The Morgan fingerprint density at radius 2 is 2.21 bits per heavy atom. The maximum absolute atomic E-state index is 11.7. The van der Waals surface area contributed by atoms with E-state index in [0.717, 1.165) is 19.3 Å². The molecule has 1 fully saturated rings. The van der Waals surface area contributed by atoms with Crippen molar-refractivity contribution in [1.29, 1.82) is 0 Å². The van der Waals surface area contributed by atoms with Crippen LogP contribution in [0.1, 0.15) is 38.2 Å². The molecule has 7 heteroatoms. The number of unbranched alkanes of at least 4 members (excludes halogenated alkanes) is 2. The molecule has 1 aromatic carbocycles. The molecule has 0 saturated carbocycles. The van der Waals surface area contributed by atoms with Gasteiger partial charge >= 0.3 is 5.97 Å². The Balaban J connectivity index is 1.93. The summed E-state index contributed by atoms with van der Waals surface area (Å²) in [6, 6.07) is 5.17. The van der Waals surface area contributed by atoms with Crippen molar-refractivity contribution in [3.63, 3.8) is 0 Å². The van der Waals surface area contributed by atoms with Crippen LogP contribution in [0.3, 0.4) is 0 Å². The standard InChI is InChI=1S/C17H21BrCl2O4/c1-2-3-4-5-16(21)22-9-13-10-23-17(11-18,24-13)14-7-6-12(19)8-15(14)20/h6-8,13H,2-5,9-11H2,1H3/t13-,17-/m1/s1. The molecule has 134 valence electrons. The summed E-state index contributed by atoms with van der Waals surface area (Å²) in [7, 11) is 0. The number of alkyl halides is 1. The van der Waals surface area contributed by atoms with Crippen molar-refractivity contribution >= 4 is 45.1 Å². The van der Waals surface area contributed by atoms with Crippen LogP contribution in [0.25, 0.3) is 0 Å². The van der Waals surface area contributed by atoms with Gasteiger partial charge in [0.1, 0.15) is 12.7 Å². The van der Waals surface area contributed by atoms with E-state index in [-0.39, 0.29) is 18.7 Å². The summed E-state index contributed by atoms with van der Waals surface area (Å²) >= 11 is 15.6. The Morgan fingerprint density at radius 3 is 2.88 bits per heavy atom. The van der Waals surface area contributed by atoms with Crippen LogP contribution in [-0.2, 0) is 24.8 Å². The Hall–Kier alpha value is -0.330. The molecule has 1 aliphatic heterocycles. The molecule has 0 aliphatic carbocycles. The fourth-order valence-corrected chi connectivity index (χ4v) is 3.65. The van der Waals surface area contributed by atoms with E-state index < -0.39 is 5.79 Å². The lowest BCUT2D eigenvalue weighted by Crippen LogP contribution is -2.31. The number of ether oxygens (including phenoxy) is 3. The van der Waals surface area contributed by atoms with Crippen molar-refractivity contribution in [2.45, 2.75) is 44.5 Å². The van der Waals surface area contributed by atoms with Crippen LogP contribution in [0.2, 0.25) is 10.0 Å². The Bertz CT molecular complexity index is 570. The number of esters is 1. The molecule has 2 rings (SSSR count). The SMILES string of the molecule is CCCCCC(=O)OC[C@@H]1CO[C@@](CBr)(c2ccc(Cl)cc2Cl)O1. The van der Waals surface area contributed by atoms with Crippen molar-refractivity contribution in [2.24, 2.45) is 0 Å². The topological polar surface area (TPSA) is 44.8 Å². The summed E-state index contributed by atoms with van der Waals surface area (Å²) in [4.78, 5) is 11.7. The zero-order valence-electron chi connectivity index (χ0n) is 13.5. The third kappa shape index (κ3) is 5.09. The molecule has 0 spiro atoms. The van der Waals surface area contributed by atoms with Gasteiger partial charge in [0.15, 0.2) is 0 Å². The first kappa shape index (κ1) is 20.0. The Morgan fingerprint density at radius 1 is 1.42 bits per heavy atom. The van der Waals surface area contributed by atoms with Crippen LogP contribution < -0.4 is 0 Å². The zero-order valence-corrected chi connectivity index (χ0v) is 16.6. The predicted octanol–water partition coefficient (Wildman–Crippen LogP) is 5.08.